The van der Waals surface area contributed by atoms with Gasteiger partial charge in [-0.3, -0.25) is 0 Å². The first-order valence-corrected chi connectivity index (χ1v) is 10.1. The molecule has 0 fully saturated rings. The third kappa shape index (κ3) is 3.69. The Labute approximate surface area is 193 Å². The molecule has 0 bridgehead atoms. The molecule has 0 aromatic heterocycles. The average Bonchev–Trinajstić information content (AvgIpc) is 2.88. The maximum absolute atomic E-state index is 12.4. The Morgan fingerprint density at radius 2 is 0.765 bits per heavy atom. The van der Waals surface area contributed by atoms with Gasteiger partial charge in [0.15, 0.2) is 0 Å². The minimum absolute atomic E-state index is 0.0738. The summed E-state index contributed by atoms with van der Waals surface area (Å²) in [7, 11) is 4.94. The monoisotopic (exact) mass is 460 g/mol. The molecule has 0 saturated carbocycles. The van der Waals surface area contributed by atoms with Crippen LogP contribution in [-0.4, -0.2) is 52.3 Å². The number of hydrogen-bond acceptors (Lipinski definition) is 8. The summed E-state index contributed by atoms with van der Waals surface area (Å²) < 4.78 is 19.3. The number of methoxy groups -OCH3 is 4. The van der Waals surface area contributed by atoms with Gasteiger partial charge in [-0.25, -0.2) is 19.2 Å². The molecule has 4 rings (SSSR count). The number of hydrogen-bond donors (Lipinski definition) is 0. The summed E-state index contributed by atoms with van der Waals surface area (Å²) in [6, 6.07) is 13.7. The number of esters is 4. The maximum atomic E-state index is 12.4. The van der Waals surface area contributed by atoms with Gasteiger partial charge < -0.3 is 18.9 Å². The molecule has 4 aromatic rings. The van der Waals surface area contributed by atoms with E-state index in [1.165, 1.54) is 28.4 Å². The Kier molecular flexibility index (Phi) is 5.89. The second-order valence-electron chi connectivity index (χ2n) is 7.47. The summed E-state index contributed by atoms with van der Waals surface area (Å²) in [4.78, 5) is 49.3. The van der Waals surface area contributed by atoms with Crippen LogP contribution in [0.5, 0.6) is 0 Å². The molecule has 0 heterocycles. The molecule has 0 aliphatic rings. The fraction of sp³-hybridized carbons (Fsp3) is 0.154. The second-order valence-corrected chi connectivity index (χ2v) is 7.47. The summed E-state index contributed by atoms with van der Waals surface area (Å²) in [6.07, 6.45) is 0. The summed E-state index contributed by atoms with van der Waals surface area (Å²) in [5.41, 5.74) is 0.339. The summed E-state index contributed by atoms with van der Waals surface area (Å²) >= 11 is 0. The van der Waals surface area contributed by atoms with Crippen LogP contribution in [0.25, 0.3) is 32.3 Å². The molecule has 0 spiro atoms. The standard InChI is InChI=1S/C26H20O8/c1-31-23(27)19-8-14-6-5-13-7-15-10-20(24(28)32-2)21(25(29)33-3)11-16(15)9-17(13)18(14)12-22(19)26(30)34-4/h5-12H,1-4H3. The first kappa shape index (κ1) is 22.7. The number of ether oxygens (including phenoxy) is 4. The van der Waals surface area contributed by atoms with E-state index in [-0.39, 0.29) is 22.3 Å². The van der Waals surface area contributed by atoms with Crippen molar-refractivity contribution in [3.8, 4) is 0 Å². The van der Waals surface area contributed by atoms with Crippen LogP contribution >= 0.6 is 0 Å². The van der Waals surface area contributed by atoms with Gasteiger partial charge >= 0.3 is 23.9 Å². The van der Waals surface area contributed by atoms with Crippen LogP contribution in [0, 0.1) is 0 Å². The van der Waals surface area contributed by atoms with E-state index < -0.39 is 23.9 Å². The van der Waals surface area contributed by atoms with Crippen molar-refractivity contribution in [1.82, 2.24) is 0 Å². The molecule has 8 heteroatoms. The van der Waals surface area contributed by atoms with Crippen molar-refractivity contribution >= 4 is 56.2 Å². The molecule has 0 unspecified atom stereocenters. The van der Waals surface area contributed by atoms with Crippen molar-refractivity contribution in [2.75, 3.05) is 28.4 Å². The van der Waals surface area contributed by atoms with E-state index in [0.717, 1.165) is 10.8 Å². The number of rotatable bonds is 4. The zero-order chi connectivity index (χ0) is 24.6. The topological polar surface area (TPSA) is 105 Å². The molecule has 8 nitrogen and oxygen atoms in total. The molecule has 4 aromatic carbocycles. The minimum atomic E-state index is -0.671. The minimum Gasteiger partial charge on any atom is -0.465 e. The van der Waals surface area contributed by atoms with Gasteiger partial charge in [-0.2, -0.15) is 0 Å². The lowest BCUT2D eigenvalue weighted by molar-refractivity contribution is 0.0555. The van der Waals surface area contributed by atoms with E-state index in [9.17, 15) is 19.2 Å². The Hall–Kier alpha value is -4.46. The second kappa shape index (κ2) is 8.82. The van der Waals surface area contributed by atoms with Crippen LogP contribution < -0.4 is 0 Å². The van der Waals surface area contributed by atoms with Crippen LogP contribution in [0.4, 0.5) is 0 Å². The van der Waals surface area contributed by atoms with Gasteiger partial charge in [-0.05, 0) is 68.7 Å². The van der Waals surface area contributed by atoms with Gasteiger partial charge in [0.2, 0.25) is 0 Å². The number of fused-ring (bicyclic) bond motifs is 4. The zero-order valence-electron chi connectivity index (χ0n) is 18.9. The SMILES string of the molecule is COC(=O)c1cc2cc3ccc4cc(C(=O)OC)c(C(=O)OC)cc4c3cc2cc1C(=O)OC. The smallest absolute Gasteiger partial charge is 0.338 e. The molecular formula is C26H20O8. The van der Waals surface area contributed by atoms with Crippen molar-refractivity contribution < 1.29 is 38.1 Å². The van der Waals surface area contributed by atoms with Crippen LogP contribution in [-0.2, 0) is 18.9 Å². The van der Waals surface area contributed by atoms with Gasteiger partial charge in [-0.15, -0.1) is 0 Å². The van der Waals surface area contributed by atoms with Gasteiger partial charge in [0, 0.05) is 0 Å². The molecule has 0 radical (unpaired) electrons. The lowest BCUT2D eigenvalue weighted by atomic mass is 9.93. The molecule has 0 amide bonds. The van der Waals surface area contributed by atoms with Gasteiger partial charge in [0.25, 0.3) is 0 Å². The fourth-order valence-corrected chi connectivity index (χ4v) is 4.02. The lowest BCUT2D eigenvalue weighted by Crippen LogP contribution is -2.12. The van der Waals surface area contributed by atoms with E-state index >= 15 is 0 Å². The molecule has 34 heavy (non-hydrogen) atoms. The van der Waals surface area contributed by atoms with Crippen molar-refractivity contribution in [1.29, 1.82) is 0 Å². The quantitative estimate of drug-likeness (QED) is 0.192. The van der Waals surface area contributed by atoms with Crippen molar-refractivity contribution in [3.05, 3.63) is 70.8 Å². The summed E-state index contributed by atoms with van der Waals surface area (Å²) in [6.45, 7) is 0. The van der Waals surface area contributed by atoms with E-state index in [1.54, 1.807) is 24.3 Å². The highest BCUT2D eigenvalue weighted by molar-refractivity contribution is 6.17. The third-order valence-corrected chi connectivity index (χ3v) is 5.69. The molecule has 0 atom stereocenters. The fourth-order valence-electron chi connectivity index (χ4n) is 4.02. The molecular weight excluding hydrogens is 440 g/mol. The van der Waals surface area contributed by atoms with Crippen molar-refractivity contribution in [2.24, 2.45) is 0 Å². The van der Waals surface area contributed by atoms with Gasteiger partial charge in [-0.1, -0.05) is 12.1 Å². The molecule has 0 aliphatic carbocycles. The van der Waals surface area contributed by atoms with E-state index in [1.807, 2.05) is 24.3 Å². The van der Waals surface area contributed by atoms with Crippen molar-refractivity contribution in [2.45, 2.75) is 0 Å². The predicted octanol–water partition coefficient (Wildman–Crippen LogP) is 4.29. The highest BCUT2D eigenvalue weighted by atomic mass is 16.5. The van der Waals surface area contributed by atoms with Crippen LogP contribution in [0.3, 0.4) is 0 Å². The Morgan fingerprint density at radius 1 is 0.441 bits per heavy atom. The Morgan fingerprint density at radius 3 is 1.21 bits per heavy atom. The van der Waals surface area contributed by atoms with Crippen molar-refractivity contribution in [3.63, 3.8) is 0 Å². The number of carbonyl (C=O) groups is 4. The highest BCUT2D eigenvalue weighted by Gasteiger charge is 2.22. The summed E-state index contributed by atoms with van der Waals surface area (Å²) in [5, 5.41) is 4.38. The zero-order valence-corrected chi connectivity index (χ0v) is 18.9. The number of benzene rings is 4. The summed E-state index contributed by atoms with van der Waals surface area (Å²) in [5.74, 6) is -2.65. The average molecular weight is 460 g/mol. The Bertz CT molecular complexity index is 1490. The molecule has 0 N–H and O–H groups in total. The first-order valence-electron chi connectivity index (χ1n) is 10.1. The van der Waals surface area contributed by atoms with Crippen LogP contribution in [0.15, 0.2) is 48.5 Å². The van der Waals surface area contributed by atoms with E-state index in [0.29, 0.717) is 21.5 Å². The lowest BCUT2D eigenvalue weighted by Gasteiger charge is -2.13. The third-order valence-electron chi connectivity index (χ3n) is 5.69. The molecule has 172 valence electrons. The van der Waals surface area contributed by atoms with Gasteiger partial charge in [0.1, 0.15) is 0 Å². The van der Waals surface area contributed by atoms with Crippen LogP contribution in [0.1, 0.15) is 41.4 Å². The molecule has 0 saturated heterocycles. The maximum Gasteiger partial charge on any atom is 0.338 e. The normalized spacial score (nSPS) is 10.8. The highest BCUT2D eigenvalue weighted by Crippen LogP contribution is 2.33. The van der Waals surface area contributed by atoms with Gasteiger partial charge in [0.05, 0.1) is 50.7 Å². The van der Waals surface area contributed by atoms with Crippen LogP contribution in [0.2, 0.25) is 0 Å². The van der Waals surface area contributed by atoms with E-state index in [4.69, 9.17) is 18.9 Å². The predicted molar refractivity (Wildman–Crippen MR) is 124 cm³/mol. The molecule has 0 aliphatic heterocycles. The van der Waals surface area contributed by atoms with E-state index in [2.05, 4.69) is 0 Å². The largest absolute Gasteiger partial charge is 0.465 e. The Balaban J connectivity index is 2.07. The number of carbonyl (C=O) groups excluding carboxylic acids is 4. The first-order chi connectivity index (χ1) is 16.3.